The molecule has 0 aliphatic rings. The Morgan fingerprint density at radius 2 is 1.89 bits per heavy atom. The van der Waals surface area contributed by atoms with E-state index in [9.17, 15) is 9.59 Å². The van der Waals surface area contributed by atoms with E-state index < -0.39 is 22.5 Å². The van der Waals surface area contributed by atoms with Crippen LogP contribution in [0, 0.1) is 0 Å². The molecule has 1 aromatic carbocycles. The first-order chi connectivity index (χ1) is 8.78. The molecule has 2 N–H and O–H groups in total. The van der Waals surface area contributed by atoms with Crippen molar-refractivity contribution in [3.8, 4) is 0 Å². The maximum Gasteiger partial charge on any atom is 0.411 e. The van der Waals surface area contributed by atoms with Gasteiger partial charge in [0.1, 0.15) is 6.61 Å². The molecular weight excluding hydrogens is 316 g/mol. The Morgan fingerprint density at radius 1 is 1.26 bits per heavy atom. The van der Waals surface area contributed by atoms with Gasteiger partial charge in [0, 0.05) is 5.69 Å². The van der Waals surface area contributed by atoms with Gasteiger partial charge in [-0.05, 0) is 11.6 Å². The molecule has 0 spiro atoms. The van der Waals surface area contributed by atoms with E-state index >= 15 is 0 Å². The van der Waals surface area contributed by atoms with Crippen LogP contribution < -0.4 is 5.32 Å². The highest BCUT2D eigenvalue weighted by Gasteiger charge is 2.22. The van der Waals surface area contributed by atoms with Crippen LogP contribution >= 0.6 is 34.8 Å². The number of carbonyl (C=O) groups is 2. The van der Waals surface area contributed by atoms with Crippen LogP contribution in [0.3, 0.4) is 0 Å². The predicted molar refractivity (Wildman–Crippen MR) is 73.0 cm³/mol. The molecule has 0 saturated heterocycles. The van der Waals surface area contributed by atoms with Gasteiger partial charge in [-0.25, -0.2) is 4.79 Å². The highest BCUT2D eigenvalue weighted by Crippen LogP contribution is 2.26. The number of carboxylic acid groups (broad SMARTS) is 1. The zero-order valence-corrected chi connectivity index (χ0v) is 11.8. The number of benzene rings is 1. The zero-order valence-electron chi connectivity index (χ0n) is 9.53. The first-order valence-corrected chi connectivity index (χ1v) is 6.21. The number of ether oxygens (including phenoxy) is 1. The lowest BCUT2D eigenvalue weighted by Crippen LogP contribution is -2.22. The summed E-state index contributed by atoms with van der Waals surface area (Å²) in [4.78, 5) is 22.1. The molecule has 8 heteroatoms. The second-order valence-corrected chi connectivity index (χ2v) is 6.06. The van der Waals surface area contributed by atoms with E-state index in [0.717, 1.165) is 0 Å². The Balaban J connectivity index is 2.66. The lowest BCUT2D eigenvalue weighted by Gasteiger charge is -2.13. The maximum absolute atomic E-state index is 11.4. The molecule has 0 unspecified atom stereocenters. The summed E-state index contributed by atoms with van der Waals surface area (Å²) in [5, 5.41) is 11.1. The van der Waals surface area contributed by atoms with Crippen LogP contribution in [0.4, 0.5) is 10.5 Å². The Morgan fingerprint density at radius 3 is 2.47 bits per heavy atom. The first kappa shape index (κ1) is 15.9. The number of nitrogens with one attached hydrogen (secondary N) is 1. The molecule has 5 nitrogen and oxygen atoms in total. The van der Waals surface area contributed by atoms with Gasteiger partial charge in [0.2, 0.25) is 3.79 Å². The fraction of sp³-hybridized carbons (Fsp3) is 0.273. The van der Waals surface area contributed by atoms with Crippen molar-refractivity contribution in [2.75, 3.05) is 11.9 Å². The Kier molecular flexibility index (Phi) is 5.72. The molecule has 0 heterocycles. The van der Waals surface area contributed by atoms with Crippen molar-refractivity contribution in [1.82, 2.24) is 0 Å². The smallest absolute Gasteiger partial charge is 0.411 e. The quantitative estimate of drug-likeness (QED) is 0.833. The number of rotatable bonds is 4. The second-order valence-electron chi connectivity index (χ2n) is 3.54. The molecule has 1 amide bonds. The van der Waals surface area contributed by atoms with Crippen LogP contribution in [0.25, 0.3) is 0 Å². The van der Waals surface area contributed by atoms with Crippen LogP contribution in [0.15, 0.2) is 24.3 Å². The normalized spacial score (nSPS) is 10.9. The molecule has 0 bridgehead atoms. The Bertz CT molecular complexity index is 473. The minimum absolute atomic E-state index is 0.221. The molecule has 1 aromatic rings. The summed E-state index contributed by atoms with van der Waals surface area (Å²) in [6.45, 7) is -0.412. The largest absolute Gasteiger partial charge is 0.481 e. The third kappa shape index (κ3) is 6.52. The molecule has 104 valence electrons. The highest BCUT2D eigenvalue weighted by molar-refractivity contribution is 6.67. The number of carbonyl (C=O) groups excluding carboxylic acids is 1. The number of para-hydroxylation sites is 1. The molecule has 19 heavy (non-hydrogen) atoms. The van der Waals surface area contributed by atoms with Crippen molar-refractivity contribution in [3.05, 3.63) is 29.8 Å². The molecule has 0 aliphatic heterocycles. The summed E-state index contributed by atoms with van der Waals surface area (Å²) < 4.78 is 2.98. The van der Waals surface area contributed by atoms with E-state index in [-0.39, 0.29) is 6.42 Å². The summed E-state index contributed by atoms with van der Waals surface area (Å²) in [7, 11) is 0. The minimum Gasteiger partial charge on any atom is -0.481 e. The van der Waals surface area contributed by atoms with E-state index in [2.05, 4.69) is 10.1 Å². The van der Waals surface area contributed by atoms with Crippen LogP contribution in [0.2, 0.25) is 0 Å². The number of hydrogen-bond donors (Lipinski definition) is 2. The first-order valence-electron chi connectivity index (χ1n) is 5.08. The molecule has 0 atom stereocenters. The van der Waals surface area contributed by atoms with E-state index in [4.69, 9.17) is 39.9 Å². The fourth-order valence-electron chi connectivity index (χ4n) is 1.25. The van der Waals surface area contributed by atoms with Gasteiger partial charge in [-0.1, -0.05) is 53.0 Å². The van der Waals surface area contributed by atoms with Gasteiger partial charge in [0.05, 0.1) is 6.42 Å². The highest BCUT2D eigenvalue weighted by atomic mass is 35.6. The molecule has 0 fully saturated rings. The van der Waals surface area contributed by atoms with Crippen LogP contribution in [0.5, 0.6) is 0 Å². The van der Waals surface area contributed by atoms with E-state index in [0.29, 0.717) is 11.3 Å². The average molecular weight is 327 g/mol. The molecule has 0 aromatic heterocycles. The Labute approximate surface area is 124 Å². The summed E-state index contributed by atoms with van der Waals surface area (Å²) in [5.74, 6) is -1.01. The Hall–Kier alpha value is -1.17. The van der Waals surface area contributed by atoms with Gasteiger partial charge in [-0.15, -0.1) is 0 Å². The van der Waals surface area contributed by atoms with Gasteiger partial charge in [0.15, 0.2) is 0 Å². The number of anilines is 1. The van der Waals surface area contributed by atoms with Crippen molar-refractivity contribution in [1.29, 1.82) is 0 Å². The van der Waals surface area contributed by atoms with Crippen molar-refractivity contribution < 1.29 is 19.4 Å². The topological polar surface area (TPSA) is 75.6 Å². The third-order valence-electron chi connectivity index (χ3n) is 1.96. The number of alkyl halides is 3. The van der Waals surface area contributed by atoms with Gasteiger partial charge >= 0.3 is 12.1 Å². The molecule has 0 aliphatic carbocycles. The van der Waals surface area contributed by atoms with Crippen LogP contribution in [-0.2, 0) is 16.0 Å². The van der Waals surface area contributed by atoms with Gasteiger partial charge in [-0.3, -0.25) is 10.1 Å². The standard InChI is InChI=1S/C11H10Cl3NO4/c12-11(13,14)6-19-10(18)15-8-4-2-1-3-7(8)5-9(16)17/h1-4H,5-6H2,(H,15,18)(H,16,17). The second kappa shape index (κ2) is 6.84. The summed E-state index contributed by atoms with van der Waals surface area (Å²) >= 11 is 16.3. The SMILES string of the molecule is O=C(O)Cc1ccccc1NC(=O)OCC(Cl)(Cl)Cl. The van der Waals surface area contributed by atoms with Gasteiger partial charge in [-0.2, -0.15) is 0 Å². The molecule has 0 saturated carbocycles. The van der Waals surface area contributed by atoms with E-state index in [1.165, 1.54) is 0 Å². The van der Waals surface area contributed by atoms with E-state index in [1.54, 1.807) is 24.3 Å². The van der Waals surface area contributed by atoms with Crippen molar-refractivity contribution in [3.63, 3.8) is 0 Å². The lowest BCUT2D eigenvalue weighted by molar-refractivity contribution is -0.136. The molecular formula is C11H10Cl3NO4. The van der Waals surface area contributed by atoms with E-state index in [1.807, 2.05) is 0 Å². The van der Waals surface area contributed by atoms with Gasteiger partial charge in [0.25, 0.3) is 0 Å². The van der Waals surface area contributed by atoms with Crippen molar-refractivity contribution >= 4 is 52.6 Å². The van der Waals surface area contributed by atoms with Gasteiger partial charge < -0.3 is 9.84 Å². The monoisotopic (exact) mass is 325 g/mol. The number of hydrogen-bond acceptors (Lipinski definition) is 3. The summed E-state index contributed by atoms with van der Waals surface area (Å²) in [5.41, 5.74) is 0.778. The number of carboxylic acids is 1. The van der Waals surface area contributed by atoms with Crippen LogP contribution in [0.1, 0.15) is 5.56 Å². The zero-order chi connectivity index (χ0) is 14.5. The fourth-order valence-corrected chi connectivity index (χ4v) is 1.42. The number of amides is 1. The molecule has 0 radical (unpaired) electrons. The van der Waals surface area contributed by atoms with Crippen molar-refractivity contribution in [2.24, 2.45) is 0 Å². The summed E-state index contributed by atoms with van der Waals surface area (Å²) in [6.07, 6.45) is -1.05. The van der Waals surface area contributed by atoms with Crippen LogP contribution in [-0.4, -0.2) is 27.6 Å². The van der Waals surface area contributed by atoms with Crippen molar-refractivity contribution in [2.45, 2.75) is 10.2 Å². The maximum atomic E-state index is 11.4. The number of aliphatic carboxylic acids is 1. The minimum atomic E-state index is -1.70. The third-order valence-corrected chi connectivity index (χ3v) is 2.29. The number of halogens is 3. The predicted octanol–water partition coefficient (Wildman–Crippen LogP) is 3.23. The lowest BCUT2D eigenvalue weighted by atomic mass is 10.1. The molecule has 1 rings (SSSR count). The average Bonchev–Trinajstić information content (AvgIpc) is 2.27. The summed E-state index contributed by atoms with van der Waals surface area (Å²) in [6, 6.07) is 6.44.